The van der Waals surface area contributed by atoms with Crippen LogP contribution in [0.15, 0.2) is 64.2 Å². The lowest BCUT2D eigenvalue weighted by molar-refractivity contribution is 0.172. The molecule has 1 aromatic carbocycles. The number of furan rings is 1. The highest BCUT2D eigenvalue weighted by atomic mass is 127. The third kappa shape index (κ3) is 9.80. The molecule has 0 spiro atoms. The van der Waals surface area contributed by atoms with Crippen molar-refractivity contribution < 1.29 is 13.9 Å². The average Bonchev–Trinajstić information content (AvgIpc) is 3.17. The number of methoxy groups -OCH3 is 1. The van der Waals surface area contributed by atoms with Crippen LogP contribution in [0.2, 0.25) is 0 Å². The molecule has 2 N–H and O–H groups in total. The Morgan fingerprint density at radius 3 is 2.79 bits per heavy atom. The Hall–Kier alpha value is -2.00. The molecule has 0 aliphatic rings. The van der Waals surface area contributed by atoms with Gasteiger partial charge in [-0.2, -0.15) is 0 Å². The van der Waals surface area contributed by atoms with E-state index < -0.39 is 0 Å². The lowest BCUT2D eigenvalue weighted by atomic mass is 10.3. The summed E-state index contributed by atoms with van der Waals surface area (Å²) in [6.07, 6.45) is 3.32. The van der Waals surface area contributed by atoms with Crippen LogP contribution in [0.25, 0.3) is 0 Å². The number of hydrogen-bond acceptors (Lipinski definition) is 4. The molecule has 0 unspecified atom stereocenters. The topological polar surface area (TPSA) is 68.0 Å². The smallest absolute Gasteiger partial charge is 0.196 e. The number of hydrogen-bond donors (Lipinski definition) is 2. The summed E-state index contributed by atoms with van der Waals surface area (Å²) in [5.41, 5.74) is 1.91. The first-order chi connectivity index (χ1) is 13.2. The van der Waals surface area contributed by atoms with Crippen molar-refractivity contribution in [3.05, 3.63) is 60.6 Å². The fraction of sp³-hybridized carbons (Fsp3) is 0.381. The van der Waals surface area contributed by atoms with Gasteiger partial charge in [-0.15, -0.1) is 24.0 Å². The maximum atomic E-state index is 5.75. The van der Waals surface area contributed by atoms with Gasteiger partial charge < -0.3 is 24.5 Å². The molecule has 6 nitrogen and oxygen atoms in total. The van der Waals surface area contributed by atoms with Gasteiger partial charge in [-0.3, -0.25) is 0 Å². The molecule has 2 rings (SSSR count). The van der Waals surface area contributed by atoms with Crippen LogP contribution in [0.3, 0.4) is 0 Å². The van der Waals surface area contributed by atoms with Crippen molar-refractivity contribution >= 4 is 35.6 Å². The van der Waals surface area contributed by atoms with Crippen LogP contribution in [0, 0.1) is 0 Å². The zero-order valence-electron chi connectivity index (χ0n) is 16.6. The van der Waals surface area contributed by atoms with E-state index in [2.05, 4.69) is 22.2 Å². The highest BCUT2D eigenvalue weighted by Crippen LogP contribution is 2.17. The normalized spacial score (nSPS) is 10.9. The van der Waals surface area contributed by atoms with Gasteiger partial charge >= 0.3 is 0 Å². The Balaban J connectivity index is 0.00000392. The summed E-state index contributed by atoms with van der Waals surface area (Å²) >= 11 is 0. The number of benzene rings is 1. The molecule has 0 aliphatic heterocycles. The van der Waals surface area contributed by atoms with Gasteiger partial charge in [0.25, 0.3) is 0 Å². The molecule has 1 heterocycles. The number of nitrogens with one attached hydrogen (secondary N) is 2. The number of ether oxygens (including phenoxy) is 2. The zero-order valence-corrected chi connectivity index (χ0v) is 18.9. The molecule has 0 atom stereocenters. The van der Waals surface area contributed by atoms with Gasteiger partial charge in [0.2, 0.25) is 0 Å². The zero-order chi connectivity index (χ0) is 19.3. The Bertz CT molecular complexity index is 717. The molecule has 7 heteroatoms. The quantitative estimate of drug-likeness (QED) is 0.157. The summed E-state index contributed by atoms with van der Waals surface area (Å²) in [5, 5.41) is 6.64. The van der Waals surface area contributed by atoms with Crippen LogP contribution >= 0.6 is 24.0 Å². The lowest BCUT2D eigenvalue weighted by Gasteiger charge is -2.14. The predicted molar refractivity (Wildman–Crippen MR) is 125 cm³/mol. The number of guanidine groups is 1. The summed E-state index contributed by atoms with van der Waals surface area (Å²) in [7, 11) is 1.69. The van der Waals surface area contributed by atoms with Crippen molar-refractivity contribution in [2.24, 2.45) is 4.99 Å². The standard InChI is InChI=1S/C21H29N3O3.HI/c1-17(2)16-23-21(22-11-10-19-9-5-13-26-19)24-18-7-4-8-20(15-18)27-14-6-12-25-3;/h4-5,7-9,13,15H,1,6,10-12,14,16H2,2-3H3,(H2,22,23,24);1H. The minimum atomic E-state index is 0. The van der Waals surface area contributed by atoms with E-state index in [9.17, 15) is 0 Å². The van der Waals surface area contributed by atoms with Gasteiger partial charge in [0.15, 0.2) is 5.96 Å². The minimum Gasteiger partial charge on any atom is -0.493 e. The van der Waals surface area contributed by atoms with E-state index in [4.69, 9.17) is 13.9 Å². The fourth-order valence-corrected chi connectivity index (χ4v) is 2.31. The van der Waals surface area contributed by atoms with Crippen LogP contribution in [0.1, 0.15) is 19.1 Å². The Morgan fingerprint density at radius 1 is 1.21 bits per heavy atom. The largest absolute Gasteiger partial charge is 0.493 e. The Labute approximate surface area is 184 Å². The van der Waals surface area contributed by atoms with Gasteiger partial charge in [-0.05, 0) is 31.2 Å². The van der Waals surface area contributed by atoms with E-state index >= 15 is 0 Å². The van der Waals surface area contributed by atoms with Crippen molar-refractivity contribution in [1.82, 2.24) is 5.32 Å². The van der Waals surface area contributed by atoms with Crippen molar-refractivity contribution in [3.8, 4) is 5.75 Å². The molecule has 0 amide bonds. The van der Waals surface area contributed by atoms with Crippen LogP contribution in [0.5, 0.6) is 5.75 Å². The molecule has 154 valence electrons. The third-order valence-electron chi connectivity index (χ3n) is 3.61. The molecule has 0 aliphatic carbocycles. The summed E-state index contributed by atoms with van der Waals surface area (Å²) in [5.74, 6) is 2.44. The van der Waals surface area contributed by atoms with Crippen LogP contribution in [-0.4, -0.2) is 39.4 Å². The monoisotopic (exact) mass is 499 g/mol. The highest BCUT2D eigenvalue weighted by Gasteiger charge is 2.03. The van der Waals surface area contributed by atoms with Crippen LogP contribution in [0.4, 0.5) is 5.69 Å². The van der Waals surface area contributed by atoms with Gasteiger partial charge in [-0.25, -0.2) is 4.99 Å². The summed E-state index contributed by atoms with van der Waals surface area (Å²) in [6.45, 7) is 8.45. The van der Waals surface area contributed by atoms with Crippen LogP contribution < -0.4 is 15.4 Å². The summed E-state index contributed by atoms with van der Waals surface area (Å²) < 4.78 is 16.2. The minimum absolute atomic E-state index is 0. The molecule has 0 radical (unpaired) electrons. The molecule has 0 fully saturated rings. The lowest BCUT2D eigenvalue weighted by Crippen LogP contribution is -2.32. The second kappa shape index (κ2) is 14.1. The maximum Gasteiger partial charge on any atom is 0.196 e. The van der Waals surface area contributed by atoms with Crippen molar-refractivity contribution in [3.63, 3.8) is 0 Å². The van der Waals surface area contributed by atoms with Gasteiger partial charge in [0.05, 0.1) is 19.4 Å². The van der Waals surface area contributed by atoms with Gasteiger partial charge in [-0.1, -0.05) is 18.2 Å². The van der Waals surface area contributed by atoms with Crippen LogP contribution in [-0.2, 0) is 11.2 Å². The number of nitrogens with zero attached hydrogens (tertiary/aromatic N) is 1. The molecule has 28 heavy (non-hydrogen) atoms. The van der Waals surface area contributed by atoms with Crippen molar-refractivity contribution in [1.29, 1.82) is 0 Å². The molecule has 0 bridgehead atoms. The van der Waals surface area contributed by atoms with Gasteiger partial charge in [0.1, 0.15) is 11.5 Å². The van der Waals surface area contributed by atoms with E-state index in [-0.39, 0.29) is 24.0 Å². The number of rotatable bonds is 11. The Kier molecular flexibility index (Phi) is 12.1. The first kappa shape index (κ1) is 24.0. The van der Waals surface area contributed by atoms with Crippen molar-refractivity contribution in [2.45, 2.75) is 19.8 Å². The first-order valence-corrected chi connectivity index (χ1v) is 9.11. The maximum absolute atomic E-state index is 5.75. The van der Waals surface area contributed by atoms with Crippen molar-refractivity contribution in [2.75, 3.05) is 38.7 Å². The van der Waals surface area contributed by atoms with E-state index in [0.717, 1.165) is 35.6 Å². The second-order valence-corrected chi connectivity index (χ2v) is 6.23. The second-order valence-electron chi connectivity index (χ2n) is 6.23. The van der Waals surface area contributed by atoms with E-state index in [1.807, 2.05) is 43.3 Å². The molecular weight excluding hydrogens is 469 g/mol. The SMILES string of the molecule is C=C(C)CN=C(NCCc1ccco1)Nc1cccc(OCCCOC)c1.I. The molecule has 2 aromatic rings. The molecule has 0 saturated heterocycles. The Morgan fingerprint density at radius 2 is 2.07 bits per heavy atom. The number of halogens is 1. The van der Waals surface area contributed by atoms with Gasteiger partial charge in [0, 0.05) is 44.9 Å². The average molecular weight is 499 g/mol. The number of anilines is 1. The number of aliphatic imine (C=N–C) groups is 1. The van der Waals surface area contributed by atoms with E-state index in [0.29, 0.717) is 32.3 Å². The summed E-state index contributed by atoms with van der Waals surface area (Å²) in [6, 6.07) is 11.7. The molecule has 1 aromatic heterocycles. The predicted octanol–water partition coefficient (Wildman–Crippen LogP) is 4.49. The molecular formula is C21H30IN3O3. The fourth-order valence-electron chi connectivity index (χ4n) is 2.31. The highest BCUT2D eigenvalue weighted by molar-refractivity contribution is 14.0. The van der Waals surface area contributed by atoms with E-state index in [1.165, 1.54) is 0 Å². The summed E-state index contributed by atoms with van der Waals surface area (Å²) in [4.78, 5) is 4.56. The first-order valence-electron chi connectivity index (χ1n) is 9.11. The van der Waals surface area contributed by atoms with E-state index in [1.54, 1.807) is 13.4 Å². The molecule has 0 saturated carbocycles. The third-order valence-corrected chi connectivity index (χ3v) is 3.61.